The standard InChI is InChI=1S/C44H47ClF2N6O4/c1-44(2)31-8-6-27(22-36(31)53-35-5-3-4-32(45)39(35)41(56)49-43(44)53)25-10-16-50(17-11-25)28-14-20-52(21-15-28)42(57)26-12-18-51(19-13-26)29-23-33(46)38(34(47)24-29)30-7-9-37(54)48-40(30)55/h3-6,8,22-26,28,30H,7,9-21H2,1-2H3,(H,48,54,55). The number of aromatic nitrogens is 2. The number of carbonyl (C=O) groups is 3. The number of nitrogens with zero attached hydrogens (tertiary/aromatic N) is 5. The molecule has 0 radical (unpaired) electrons. The van der Waals surface area contributed by atoms with Crippen LogP contribution in [0.3, 0.4) is 0 Å². The summed E-state index contributed by atoms with van der Waals surface area (Å²) in [4.78, 5) is 61.6. The Balaban J connectivity index is 0.784. The molecule has 0 aliphatic carbocycles. The Hall–Kier alpha value is -4.68. The van der Waals surface area contributed by atoms with E-state index in [-0.39, 0.29) is 35.8 Å². The third kappa shape index (κ3) is 6.62. The Bertz CT molecular complexity index is 2340. The van der Waals surface area contributed by atoms with Gasteiger partial charge in [-0.15, -0.1) is 0 Å². The smallest absolute Gasteiger partial charge is 0.282 e. The minimum absolute atomic E-state index is 0.0426. The van der Waals surface area contributed by atoms with Crippen LogP contribution in [0.5, 0.6) is 0 Å². The summed E-state index contributed by atoms with van der Waals surface area (Å²) in [5.74, 6) is -2.51. The fourth-order valence-corrected chi connectivity index (χ4v) is 10.5. The van der Waals surface area contributed by atoms with E-state index in [1.54, 1.807) is 6.07 Å². The Kier molecular flexibility index (Phi) is 9.71. The van der Waals surface area contributed by atoms with Gasteiger partial charge in [0.2, 0.25) is 17.7 Å². The summed E-state index contributed by atoms with van der Waals surface area (Å²) in [6.07, 6.45) is 5.32. The van der Waals surface area contributed by atoms with E-state index < -0.39 is 34.8 Å². The molecule has 5 aliphatic heterocycles. The van der Waals surface area contributed by atoms with Crippen molar-refractivity contribution in [1.82, 2.24) is 24.7 Å². The summed E-state index contributed by atoms with van der Waals surface area (Å²) in [5.41, 5.74) is 3.70. The molecule has 0 saturated carbocycles. The third-order valence-electron chi connectivity index (χ3n) is 13.5. The second-order valence-electron chi connectivity index (χ2n) is 17.1. The van der Waals surface area contributed by atoms with Crippen molar-refractivity contribution >= 4 is 45.9 Å². The lowest BCUT2D eigenvalue weighted by molar-refractivity contribution is -0.138. The van der Waals surface area contributed by atoms with Crippen LogP contribution in [0, 0.1) is 17.6 Å². The molecule has 0 spiro atoms. The van der Waals surface area contributed by atoms with Crippen LogP contribution < -0.4 is 15.8 Å². The number of likely N-dealkylation sites (tertiary alicyclic amines) is 2. The predicted molar refractivity (Wildman–Crippen MR) is 214 cm³/mol. The molecule has 3 amide bonds. The molecule has 4 fully saturated rings. The first-order chi connectivity index (χ1) is 27.4. The number of piperidine rings is 4. The molecule has 10 nitrogen and oxygen atoms in total. The molecule has 13 heteroatoms. The van der Waals surface area contributed by atoms with Crippen molar-refractivity contribution in [3.63, 3.8) is 0 Å². The Labute approximate surface area is 335 Å². The highest BCUT2D eigenvalue weighted by Crippen LogP contribution is 2.45. The number of carbonyl (C=O) groups excluding carboxylic acids is 3. The van der Waals surface area contributed by atoms with Crippen LogP contribution >= 0.6 is 11.6 Å². The van der Waals surface area contributed by atoms with Gasteiger partial charge in [-0.1, -0.05) is 29.8 Å². The first kappa shape index (κ1) is 37.9. The molecule has 4 saturated heterocycles. The summed E-state index contributed by atoms with van der Waals surface area (Å²) < 4.78 is 32.5. The number of anilines is 1. The average molecular weight is 797 g/mol. The highest BCUT2D eigenvalue weighted by atomic mass is 35.5. The van der Waals surface area contributed by atoms with Gasteiger partial charge in [0.1, 0.15) is 17.5 Å². The number of hydrogen-bond acceptors (Lipinski definition) is 7. The maximum Gasteiger partial charge on any atom is 0.282 e. The number of amides is 3. The quantitative estimate of drug-likeness (QED) is 0.228. The molecule has 1 N–H and O–H groups in total. The van der Waals surface area contributed by atoms with Gasteiger partial charge in [-0.3, -0.25) is 29.1 Å². The molecule has 1 unspecified atom stereocenters. The van der Waals surface area contributed by atoms with Crippen LogP contribution in [0.4, 0.5) is 14.5 Å². The number of imide groups is 1. The highest BCUT2D eigenvalue weighted by molar-refractivity contribution is 6.35. The molecule has 9 rings (SSSR count). The maximum absolute atomic E-state index is 15.2. The first-order valence-electron chi connectivity index (χ1n) is 20.4. The van der Waals surface area contributed by atoms with Crippen LogP contribution in [0.2, 0.25) is 5.02 Å². The Morgan fingerprint density at radius 3 is 2.25 bits per heavy atom. The first-order valence-corrected chi connectivity index (χ1v) is 20.7. The molecule has 3 aromatic carbocycles. The Morgan fingerprint density at radius 1 is 0.860 bits per heavy atom. The average Bonchev–Trinajstić information content (AvgIpc) is 3.43. The van der Waals surface area contributed by atoms with Gasteiger partial charge in [0, 0.05) is 55.8 Å². The van der Waals surface area contributed by atoms with E-state index in [0.29, 0.717) is 54.0 Å². The third-order valence-corrected chi connectivity index (χ3v) is 13.8. The van der Waals surface area contributed by atoms with Gasteiger partial charge in [-0.05, 0) is 119 Å². The molecule has 4 aromatic rings. The lowest BCUT2D eigenvalue weighted by Crippen LogP contribution is -2.50. The largest absolute Gasteiger partial charge is 0.371 e. The summed E-state index contributed by atoms with van der Waals surface area (Å²) >= 11 is 6.50. The van der Waals surface area contributed by atoms with Crippen LogP contribution in [-0.4, -0.2) is 82.4 Å². The monoisotopic (exact) mass is 796 g/mol. The number of nitrogens with one attached hydrogen (secondary N) is 1. The van der Waals surface area contributed by atoms with E-state index in [0.717, 1.165) is 74.5 Å². The zero-order valence-corrected chi connectivity index (χ0v) is 33.1. The van der Waals surface area contributed by atoms with Crippen LogP contribution in [0.15, 0.2) is 53.3 Å². The fourth-order valence-electron chi connectivity index (χ4n) is 10.3. The van der Waals surface area contributed by atoms with Crippen molar-refractivity contribution in [1.29, 1.82) is 0 Å². The van der Waals surface area contributed by atoms with Crippen LogP contribution in [0.25, 0.3) is 16.6 Å². The molecule has 1 atom stereocenters. The minimum Gasteiger partial charge on any atom is -0.371 e. The SMILES string of the molecule is CC1(C)c2ccc(C3CCN(C4CCN(C(=O)C5CCN(c6cc(F)c(C7CCC(=O)NC7=O)c(F)c6)CC5)CC4)CC3)cc2-n2c1nc(=O)c1c(Cl)cccc12. The molecule has 5 aliphatic rings. The number of benzene rings is 3. The van der Waals surface area contributed by atoms with E-state index in [9.17, 15) is 19.2 Å². The normalized spacial score (nSPS) is 22.2. The molecule has 57 heavy (non-hydrogen) atoms. The lowest BCUT2D eigenvalue weighted by Gasteiger charge is -2.43. The maximum atomic E-state index is 15.2. The summed E-state index contributed by atoms with van der Waals surface area (Å²) in [6, 6.07) is 15.3. The summed E-state index contributed by atoms with van der Waals surface area (Å²) in [5, 5.41) is 3.04. The van der Waals surface area contributed by atoms with Crippen molar-refractivity contribution in [2.45, 2.75) is 88.5 Å². The van der Waals surface area contributed by atoms with Gasteiger partial charge >= 0.3 is 0 Å². The number of rotatable bonds is 5. The molecule has 298 valence electrons. The van der Waals surface area contributed by atoms with E-state index >= 15 is 8.78 Å². The van der Waals surface area contributed by atoms with Gasteiger partial charge < -0.3 is 14.7 Å². The van der Waals surface area contributed by atoms with E-state index in [4.69, 9.17) is 11.6 Å². The van der Waals surface area contributed by atoms with Crippen molar-refractivity contribution < 1.29 is 23.2 Å². The zero-order chi connectivity index (χ0) is 39.7. The van der Waals surface area contributed by atoms with Crippen molar-refractivity contribution in [3.8, 4) is 5.69 Å². The van der Waals surface area contributed by atoms with Crippen molar-refractivity contribution in [2.24, 2.45) is 5.92 Å². The molecule has 0 bridgehead atoms. The molecular formula is C44H47ClF2N6O4. The topological polar surface area (TPSA) is 108 Å². The van der Waals surface area contributed by atoms with Gasteiger partial charge in [-0.25, -0.2) is 8.78 Å². The highest BCUT2D eigenvalue weighted by Gasteiger charge is 2.40. The fraction of sp³-hybridized carbons (Fsp3) is 0.477. The minimum atomic E-state index is -1.03. The van der Waals surface area contributed by atoms with Crippen molar-refractivity contribution in [3.05, 3.63) is 98.1 Å². The van der Waals surface area contributed by atoms with Crippen molar-refractivity contribution in [2.75, 3.05) is 44.2 Å². The number of fused-ring (bicyclic) bond motifs is 5. The molecular weight excluding hydrogens is 750 g/mol. The number of hydrogen-bond donors (Lipinski definition) is 1. The second-order valence-corrected chi connectivity index (χ2v) is 17.5. The van der Waals surface area contributed by atoms with Gasteiger partial charge in [0.25, 0.3) is 5.56 Å². The van der Waals surface area contributed by atoms with Gasteiger partial charge in [0.05, 0.1) is 32.9 Å². The Morgan fingerprint density at radius 2 is 1.56 bits per heavy atom. The van der Waals surface area contributed by atoms with Crippen LogP contribution in [-0.2, 0) is 19.8 Å². The number of halogens is 3. The van der Waals surface area contributed by atoms with E-state index in [2.05, 4.69) is 51.8 Å². The molecule has 6 heterocycles. The van der Waals surface area contributed by atoms with E-state index in [1.165, 1.54) is 17.7 Å². The van der Waals surface area contributed by atoms with E-state index in [1.807, 2.05) is 21.9 Å². The van der Waals surface area contributed by atoms with Gasteiger partial charge in [-0.2, -0.15) is 4.98 Å². The van der Waals surface area contributed by atoms with Gasteiger partial charge in [0.15, 0.2) is 0 Å². The van der Waals surface area contributed by atoms with Crippen LogP contribution in [0.1, 0.15) is 99.6 Å². The lowest BCUT2D eigenvalue weighted by atomic mass is 9.82. The summed E-state index contributed by atoms with van der Waals surface area (Å²) in [7, 11) is 0. The molecule has 1 aromatic heterocycles. The second kappa shape index (κ2) is 14.6. The zero-order valence-electron chi connectivity index (χ0n) is 32.3. The summed E-state index contributed by atoms with van der Waals surface area (Å²) in [6.45, 7) is 8.73. The predicted octanol–water partition coefficient (Wildman–Crippen LogP) is 6.56.